The largest absolute Gasteiger partial charge is 0.382 e. The van der Waals surface area contributed by atoms with Crippen LogP contribution in [0.4, 0.5) is 5.82 Å². The van der Waals surface area contributed by atoms with Crippen LogP contribution in [0.1, 0.15) is 42.9 Å². The highest BCUT2D eigenvalue weighted by Crippen LogP contribution is 2.33. The molecule has 0 fully saturated rings. The lowest BCUT2D eigenvalue weighted by Gasteiger charge is -2.09. The number of nitrogen functional groups attached to an aromatic ring is 1. The van der Waals surface area contributed by atoms with E-state index in [1.165, 1.54) is 36.0 Å². The minimum absolute atomic E-state index is 0.381. The molecule has 0 spiro atoms. The Bertz CT molecular complexity index is 581. The number of benzene rings is 1. The number of aromatic amines is 1. The van der Waals surface area contributed by atoms with E-state index in [9.17, 15) is 0 Å². The molecule has 94 valence electrons. The molecule has 2 aromatic rings. The summed E-state index contributed by atoms with van der Waals surface area (Å²) in [5.74, 6) is 1.01. The van der Waals surface area contributed by atoms with Crippen molar-refractivity contribution in [3.8, 4) is 11.3 Å². The number of aryl methyl sites for hydroxylation is 2. The number of hydrogen-bond acceptors (Lipinski definition) is 2. The van der Waals surface area contributed by atoms with Crippen molar-refractivity contribution in [1.29, 1.82) is 0 Å². The van der Waals surface area contributed by atoms with Crippen molar-refractivity contribution >= 4 is 5.82 Å². The van der Waals surface area contributed by atoms with Gasteiger partial charge < -0.3 is 5.73 Å². The zero-order valence-corrected chi connectivity index (χ0v) is 11.0. The second kappa shape index (κ2) is 4.16. The molecule has 18 heavy (non-hydrogen) atoms. The number of H-pyrrole nitrogens is 1. The van der Waals surface area contributed by atoms with Crippen molar-refractivity contribution in [1.82, 2.24) is 10.2 Å². The smallest absolute Gasteiger partial charge is 0.149 e. The van der Waals surface area contributed by atoms with Crippen molar-refractivity contribution in [2.75, 3.05) is 5.73 Å². The number of nitrogens with two attached hydrogens (primary N) is 1. The monoisotopic (exact) mass is 241 g/mol. The zero-order chi connectivity index (χ0) is 12.7. The van der Waals surface area contributed by atoms with E-state index in [0.29, 0.717) is 11.7 Å². The summed E-state index contributed by atoms with van der Waals surface area (Å²) in [7, 11) is 0. The van der Waals surface area contributed by atoms with Crippen LogP contribution in [0, 0.1) is 0 Å². The van der Waals surface area contributed by atoms with Gasteiger partial charge in [0.25, 0.3) is 0 Å². The fourth-order valence-electron chi connectivity index (χ4n) is 2.90. The average molecular weight is 241 g/mol. The summed E-state index contributed by atoms with van der Waals surface area (Å²) >= 11 is 0. The van der Waals surface area contributed by atoms with Gasteiger partial charge in [0.05, 0.1) is 5.69 Å². The van der Waals surface area contributed by atoms with Crippen molar-refractivity contribution in [3.63, 3.8) is 0 Å². The SMILES string of the molecule is CC(C)c1c(N)n[nH]c1-c1ccc2c(c1)CCC2. The van der Waals surface area contributed by atoms with Crippen molar-refractivity contribution in [2.45, 2.75) is 39.0 Å². The first-order valence-electron chi connectivity index (χ1n) is 6.62. The second-order valence-electron chi connectivity index (χ2n) is 5.39. The van der Waals surface area contributed by atoms with Gasteiger partial charge in [0.2, 0.25) is 0 Å². The van der Waals surface area contributed by atoms with Crippen molar-refractivity contribution < 1.29 is 0 Å². The Morgan fingerprint density at radius 2 is 2.00 bits per heavy atom. The Kier molecular flexibility index (Phi) is 2.62. The van der Waals surface area contributed by atoms with Gasteiger partial charge in [0, 0.05) is 11.1 Å². The van der Waals surface area contributed by atoms with Gasteiger partial charge in [-0.1, -0.05) is 26.0 Å². The highest BCUT2D eigenvalue weighted by molar-refractivity contribution is 5.70. The molecule has 0 radical (unpaired) electrons. The van der Waals surface area contributed by atoms with Gasteiger partial charge in [0.15, 0.2) is 0 Å². The summed E-state index contributed by atoms with van der Waals surface area (Å²) in [6.07, 6.45) is 3.70. The Labute approximate surface area is 107 Å². The normalized spacial score (nSPS) is 14.2. The molecule has 1 aliphatic carbocycles. The molecule has 1 aliphatic rings. The average Bonchev–Trinajstić information content (AvgIpc) is 2.93. The Hall–Kier alpha value is -1.77. The molecule has 0 bridgehead atoms. The van der Waals surface area contributed by atoms with E-state index in [2.05, 4.69) is 42.2 Å². The number of nitrogens with one attached hydrogen (secondary N) is 1. The molecule has 3 heteroatoms. The number of aromatic nitrogens is 2. The van der Waals surface area contributed by atoms with Crippen LogP contribution in [0.15, 0.2) is 18.2 Å². The van der Waals surface area contributed by atoms with E-state index in [1.807, 2.05) is 0 Å². The van der Waals surface area contributed by atoms with Gasteiger partial charge >= 0.3 is 0 Å². The first kappa shape index (κ1) is 11.3. The molecule has 0 saturated carbocycles. The highest BCUT2D eigenvalue weighted by atomic mass is 15.2. The Morgan fingerprint density at radius 3 is 2.78 bits per heavy atom. The first-order chi connectivity index (χ1) is 8.66. The van der Waals surface area contributed by atoms with E-state index >= 15 is 0 Å². The van der Waals surface area contributed by atoms with E-state index in [0.717, 1.165) is 11.3 Å². The third-order valence-corrected chi connectivity index (χ3v) is 3.80. The number of hydrogen-bond donors (Lipinski definition) is 2. The van der Waals surface area contributed by atoms with E-state index in [4.69, 9.17) is 5.73 Å². The molecule has 3 nitrogen and oxygen atoms in total. The third-order valence-electron chi connectivity index (χ3n) is 3.80. The molecular formula is C15H19N3. The van der Waals surface area contributed by atoms with Crippen LogP contribution >= 0.6 is 0 Å². The van der Waals surface area contributed by atoms with Gasteiger partial charge in [0.1, 0.15) is 5.82 Å². The summed E-state index contributed by atoms with van der Waals surface area (Å²) in [5, 5.41) is 7.25. The number of rotatable bonds is 2. The van der Waals surface area contributed by atoms with Crippen molar-refractivity contribution in [3.05, 3.63) is 34.9 Å². The molecule has 1 aromatic carbocycles. The molecule has 0 atom stereocenters. The molecular weight excluding hydrogens is 222 g/mol. The van der Waals surface area contributed by atoms with Crippen LogP contribution in [-0.2, 0) is 12.8 Å². The predicted molar refractivity (Wildman–Crippen MR) is 74.6 cm³/mol. The molecule has 0 aliphatic heterocycles. The summed E-state index contributed by atoms with van der Waals surface area (Å²) in [4.78, 5) is 0. The summed E-state index contributed by atoms with van der Waals surface area (Å²) in [6.45, 7) is 4.30. The van der Waals surface area contributed by atoms with Gasteiger partial charge in [-0.15, -0.1) is 0 Å². The number of fused-ring (bicyclic) bond motifs is 1. The quantitative estimate of drug-likeness (QED) is 0.847. The van der Waals surface area contributed by atoms with Crippen LogP contribution in [0.2, 0.25) is 0 Å². The standard InChI is InChI=1S/C15H19N3/c1-9(2)13-14(17-18-15(13)16)12-7-6-10-4-3-5-11(10)8-12/h6-9H,3-5H2,1-2H3,(H3,16,17,18). The van der Waals surface area contributed by atoms with Crippen LogP contribution in [0.3, 0.4) is 0 Å². The van der Waals surface area contributed by atoms with Crippen LogP contribution in [0.25, 0.3) is 11.3 Å². The maximum absolute atomic E-state index is 5.95. The van der Waals surface area contributed by atoms with E-state index in [1.54, 1.807) is 0 Å². The summed E-state index contributed by atoms with van der Waals surface area (Å²) < 4.78 is 0. The molecule has 3 N–H and O–H groups in total. The van der Waals surface area contributed by atoms with E-state index < -0.39 is 0 Å². The zero-order valence-electron chi connectivity index (χ0n) is 11.0. The minimum atomic E-state index is 0.381. The van der Waals surface area contributed by atoms with Gasteiger partial charge in [-0.2, -0.15) is 5.10 Å². The predicted octanol–water partition coefficient (Wildman–Crippen LogP) is 3.27. The third kappa shape index (κ3) is 1.70. The van der Waals surface area contributed by atoms with Crippen molar-refractivity contribution in [2.24, 2.45) is 0 Å². The summed E-state index contributed by atoms with van der Waals surface area (Å²) in [5.41, 5.74) is 12.4. The second-order valence-corrected chi connectivity index (χ2v) is 5.39. The minimum Gasteiger partial charge on any atom is -0.382 e. The van der Waals surface area contributed by atoms with Gasteiger partial charge in [-0.05, 0) is 42.4 Å². The Balaban J connectivity index is 2.10. The maximum atomic E-state index is 5.95. The van der Waals surface area contributed by atoms with E-state index in [-0.39, 0.29) is 0 Å². The van der Waals surface area contributed by atoms with Crippen LogP contribution in [-0.4, -0.2) is 10.2 Å². The fraction of sp³-hybridized carbons (Fsp3) is 0.400. The number of anilines is 1. The fourth-order valence-corrected chi connectivity index (χ4v) is 2.90. The topological polar surface area (TPSA) is 54.7 Å². The lowest BCUT2D eigenvalue weighted by atomic mass is 9.96. The molecule has 1 heterocycles. The van der Waals surface area contributed by atoms with Gasteiger partial charge in [-0.25, -0.2) is 0 Å². The maximum Gasteiger partial charge on any atom is 0.149 e. The van der Waals surface area contributed by atoms with Crippen LogP contribution < -0.4 is 5.73 Å². The lowest BCUT2D eigenvalue weighted by molar-refractivity contribution is 0.873. The first-order valence-corrected chi connectivity index (χ1v) is 6.62. The van der Waals surface area contributed by atoms with Gasteiger partial charge in [-0.3, -0.25) is 5.10 Å². The van der Waals surface area contributed by atoms with Crippen LogP contribution in [0.5, 0.6) is 0 Å². The Morgan fingerprint density at radius 1 is 1.22 bits per heavy atom. The number of nitrogens with zero attached hydrogens (tertiary/aromatic N) is 1. The molecule has 0 unspecified atom stereocenters. The molecule has 3 rings (SSSR count). The lowest BCUT2D eigenvalue weighted by Crippen LogP contribution is -1.95. The molecule has 1 aromatic heterocycles. The summed E-state index contributed by atoms with van der Waals surface area (Å²) in [6, 6.07) is 6.73. The molecule has 0 saturated heterocycles. The molecule has 0 amide bonds. The highest BCUT2D eigenvalue weighted by Gasteiger charge is 2.18.